The van der Waals surface area contributed by atoms with Gasteiger partial charge in [0, 0.05) is 24.2 Å². The van der Waals surface area contributed by atoms with Crippen LogP contribution in [0.1, 0.15) is 32.0 Å². The summed E-state index contributed by atoms with van der Waals surface area (Å²) in [6, 6.07) is 1.97. The number of nitrogens with one attached hydrogen (secondary N) is 1. The molecule has 5 nitrogen and oxygen atoms in total. The molecule has 0 fully saturated rings. The van der Waals surface area contributed by atoms with Gasteiger partial charge in [-0.25, -0.2) is 0 Å². The number of rotatable bonds is 7. The van der Waals surface area contributed by atoms with E-state index in [1.807, 2.05) is 0 Å². The van der Waals surface area contributed by atoms with E-state index in [1.165, 1.54) is 6.92 Å². The van der Waals surface area contributed by atoms with Crippen molar-refractivity contribution >= 4 is 13.5 Å². The number of carbonyl (C=O) groups is 1. The van der Waals surface area contributed by atoms with E-state index in [0.29, 0.717) is 35.5 Å². The lowest BCUT2D eigenvalue weighted by Crippen LogP contribution is -2.23. The number of alkyl halides is 3. The first-order valence-electron chi connectivity index (χ1n) is 8.10. The van der Waals surface area contributed by atoms with Gasteiger partial charge in [0.1, 0.15) is 0 Å². The fraction of sp³-hybridized carbons (Fsp3) is 0.333. The Morgan fingerprint density at radius 1 is 1.48 bits per heavy atom. The molecule has 1 aromatic rings. The lowest BCUT2D eigenvalue weighted by Gasteiger charge is -2.11. The highest BCUT2D eigenvalue weighted by Crippen LogP contribution is 2.28. The van der Waals surface area contributed by atoms with Crippen LogP contribution in [0.5, 0.6) is 0 Å². The number of allylic oxidation sites excluding steroid dienone is 4. The summed E-state index contributed by atoms with van der Waals surface area (Å²) in [7, 11) is -1.02. The van der Waals surface area contributed by atoms with Crippen molar-refractivity contribution in [1.29, 1.82) is 0 Å². The molecule has 9 heteroatoms. The smallest absolute Gasteiger partial charge is 0.423 e. The van der Waals surface area contributed by atoms with Crippen LogP contribution in [0, 0.1) is 6.92 Å². The third-order valence-electron chi connectivity index (χ3n) is 3.15. The van der Waals surface area contributed by atoms with E-state index in [0.717, 1.165) is 18.3 Å². The molecule has 0 atom stereocenters. The van der Waals surface area contributed by atoms with E-state index in [9.17, 15) is 23.0 Å². The van der Waals surface area contributed by atoms with Gasteiger partial charge in [0.2, 0.25) is 6.41 Å². The molecule has 1 heterocycles. The van der Waals surface area contributed by atoms with Crippen molar-refractivity contribution in [2.75, 3.05) is 6.61 Å². The Hall–Kier alpha value is -2.39. The lowest BCUT2D eigenvalue weighted by molar-refractivity contribution is -0.137. The Labute approximate surface area is 157 Å². The summed E-state index contributed by atoms with van der Waals surface area (Å²) in [5.74, 6) is 0. The van der Waals surface area contributed by atoms with Gasteiger partial charge in [0.25, 0.3) is 0 Å². The summed E-state index contributed by atoms with van der Waals surface area (Å²) in [6.07, 6.45) is 0.827. The maximum atomic E-state index is 11.9. The topological polar surface area (TPSA) is 71.5 Å². The lowest BCUT2D eigenvalue weighted by atomic mass is 9.74. The normalized spacial score (nSPS) is 12.0. The van der Waals surface area contributed by atoms with Gasteiger partial charge >= 0.3 is 13.3 Å². The number of aromatic nitrogens is 1. The molecule has 0 radical (unpaired) electrons. The van der Waals surface area contributed by atoms with Gasteiger partial charge in [-0.3, -0.25) is 9.78 Å². The van der Waals surface area contributed by atoms with Gasteiger partial charge in [0.05, 0.1) is 5.56 Å². The van der Waals surface area contributed by atoms with Crippen molar-refractivity contribution in [2.45, 2.75) is 33.9 Å². The molecular formula is C18H24BF3N2O3. The highest BCUT2D eigenvalue weighted by Gasteiger charge is 2.30. The van der Waals surface area contributed by atoms with Crippen LogP contribution in [0.15, 0.2) is 53.8 Å². The number of halogens is 3. The van der Waals surface area contributed by atoms with Gasteiger partial charge in [-0.05, 0) is 51.4 Å². The fourth-order valence-electron chi connectivity index (χ4n) is 1.82. The van der Waals surface area contributed by atoms with Gasteiger partial charge in [-0.15, -0.1) is 0 Å². The highest BCUT2D eigenvalue weighted by atomic mass is 19.4. The summed E-state index contributed by atoms with van der Waals surface area (Å²) in [5, 5.41) is 12.2. The van der Waals surface area contributed by atoms with Crippen LogP contribution in [0.2, 0.25) is 0 Å². The van der Waals surface area contributed by atoms with Gasteiger partial charge in [-0.1, -0.05) is 18.2 Å². The van der Waals surface area contributed by atoms with E-state index in [-0.39, 0.29) is 0 Å². The van der Waals surface area contributed by atoms with Crippen LogP contribution in [0.4, 0.5) is 13.2 Å². The van der Waals surface area contributed by atoms with E-state index in [2.05, 4.69) is 16.9 Å². The predicted octanol–water partition coefficient (Wildman–Crippen LogP) is 3.60. The second-order valence-electron chi connectivity index (χ2n) is 5.38. The standard InChI is InChI=1S/C11H18BNO3.C7H6F3N/c1-5-10(13-8-14)7-11(9(3)4)12(15)16-6-2;1-5-4-6(2-3-11-5)7(8,9)10/h5,7-8,15H,3,6H2,1-2,4H3,(H,13,14);2-4H,1H3/b10-5+,11-7+;. The van der Waals surface area contributed by atoms with Crippen LogP contribution in [0.25, 0.3) is 0 Å². The Morgan fingerprint density at radius 2 is 2.11 bits per heavy atom. The molecule has 2 N–H and O–H groups in total. The SMILES string of the molecule is C=C(C)/C(=C\C(=C/C)NC=O)B(O)OCC.Cc1cc(C(F)(F)F)ccn1. The Kier molecular flexibility index (Phi) is 11.0. The average Bonchev–Trinajstić information content (AvgIpc) is 2.58. The molecule has 0 spiro atoms. The van der Waals surface area contributed by atoms with Crippen molar-refractivity contribution in [2.24, 2.45) is 0 Å². The van der Waals surface area contributed by atoms with Crippen molar-refractivity contribution in [3.8, 4) is 0 Å². The molecule has 0 aliphatic carbocycles. The third-order valence-corrected chi connectivity index (χ3v) is 3.15. The Bertz CT molecular complexity index is 689. The summed E-state index contributed by atoms with van der Waals surface area (Å²) in [5.41, 5.74) is 1.55. The molecule has 148 valence electrons. The number of carbonyl (C=O) groups excluding carboxylic acids is 1. The first-order chi connectivity index (χ1) is 12.6. The zero-order valence-electron chi connectivity index (χ0n) is 15.8. The maximum Gasteiger partial charge on any atom is 0.491 e. The van der Waals surface area contributed by atoms with Crippen LogP contribution < -0.4 is 5.32 Å². The van der Waals surface area contributed by atoms with Crippen LogP contribution in [0.3, 0.4) is 0 Å². The molecule has 0 saturated heterocycles. The summed E-state index contributed by atoms with van der Waals surface area (Å²) in [6.45, 7) is 11.0. The van der Waals surface area contributed by atoms with E-state index >= 15 is 0 Å². The predicted molar refractivity (Wildman–Crippen MR) is 99.4 cm³/mol. The molecule has 1 rings (SSSR count). The number of amides is 1. The Balaban J connectivity index is 0.000000533. The molecule has 1 aromatic heterocycles. The van der Waals surface area contributed by atoms with Crippen molar-refractivity contribution in [3.63, 3.8) is 0 Å². The molecule has 0 unspecified atom stereocenters. The minimum absolute atomic E-state index is 0.375. The maximum absolute atomic E-state index is 11.9. The number of hydrogen-bond donors (Lipinski definition) is 2. The Morgan fingerprint density at radius 3 is 2.48 bits per heavy atom. The second kappa shape index (κ2) is 12.1. The van der Waals surface area contributed by atoms with Crippen LogP contribution in [-0.4, -0.2) is 30.1 Å². The minimum Gasteiger partial charge on any atom is -0.423 e. The van der Waals surface area contributed by atoms with E-state index in [1.54, 1.807) is 32.9 Å². The monoisotopic (exact) mass is 384 g/mol. The van der Waals surface area contributed by atoms with Crippen LogP contribution in [-0.2, 0) is 15.6 Å². The first-order valence-corrected chi connectivity index (χ1v) is 8.10. The molecular weight excluding hydrogens is 360 g/mol. The fourth-order valence-corrected chi connectivity index (χ4v) is 1.82. The van der Waals surface area contributed by atoms with Crippen molar-refractivity contribution in [1.82, 2.24) is 10.3 Å². The summed E-state index contributed by atoms with van der Waals surface area (Å²) >= 11 is 0. The van der Waals surface area contributed by atoms with Crippen molar-refractivity contribution < 1.29 is 27.6 Å². The number of pyridine rings is 1. The molecule has 0 aromatic carbocycles. The largest absolute Gasteiger partial charge is 0.491 e. The average molecular weight is 384 g/mol. The zero-order chi connectivity index (χ0) is 21.0. The molecule has 1 amide bonds. The highest BCUT2D eigenvalue weighted by molar-refractivity contribution is 6.53. The van der Waals surface area contributed by atoms with Gasteiger partial charge in [0.15, 0.2) is 0 Å². The summed E-state index contributed by atoms with van der Waals surface area (Å²) in [4.78, 5) is 14.0. The van der Waals surface area contributed by atoms with Crippen molar-refractivity contribution in [3.05, 3.63) is 65.1 Å². The number of aryl methyl sites for hydroxylation is 1. The molecule has 0 aliphatic rings. The first kappa shape index (κ1) is 24.6. The van der Waals surface area contributed by atoms with E-state index in [4.69, 9.17) is 4.65 Å². The summed E-state index contributed by atoms with van der Waals surface area (Å²) < 4.78 is 40.9. The van der Waals surface area contributed by atoms with Gasteiger partial charge in [-0.2, -0.15) is 13.2 Å². The quantitative estimate of drug-likeness (QED) is 0.428. The molecule has 0 bridgehead atoms. The second-order valence-corrected chi connectivity index (χ2v) is 5.38. The van der Waals surface area contributed by atoms with Crippen LogP contribution >= 0.6 is 0 Å². The number of hydrogen-bond acceptors (Lipinski definition) is 4. The van der Waals surface area contributed by atoms with E-state index < -0.39 is 18.9 Å². The molecule has 27 heavy (non-hydrogen) atoms. The molecule has 0 saturated carbocycles. The molecule has 0 aliphatic heterocycles. The zero-order valence-corrected chi connectivity index (χ0v) is 15.8. The third kappa shape index (κ3) is 9.76. The minimum atomic E-state index is -4.26. The van der Waals surface area contributed by atoms with Gasteiger partial charge < -0.3 is 15.0 Å². The number of nitrogens with zero attached hydrogens (tertiary/aromatic N) is 1.